The molecule has 0 aliphatic rings. The van der Waals surface area contributed by atoms with E-state index >= 15 is 0 Å². The van der Waals surface area contributed by atoms with Crippen LogP contribution in [0.5, 0.6) is 0 Å². The van der Waals surface area contributed by atoms with Gasteiger partial charge in [0.25, 0.3) is 20.2 Å². The molecule has 0 saturated carbocycles. The maximum Gasteiger partial charge on any atom is 0.274 e. The fourth-order valence-electron chi connectivity index (χ4n) is 2.62. The van der Waals surface area contributed by atoms with E-state index in [0.717, 1.165) is 0 Å². The van der Waals surface area contributed by atoms with Gasteiger partial charge in [0.15, 0.2) is 0 Å². The van der Waals surface area contributed by atoms with Crippen molar-refractivity contribution in [3.8, 4) is 0 Å². The van der Waals surface area contributed by atoms with Gasteiger partial charge in [0.05, 0.1) is 0 Å². The van der Waals surface area contributed by atoms with Gasteiger partial charge in [-0.25, -0.2) is 0 Å². The van der Waals surface area contributed by atoms with Crippen LogP contribution in [0.1, 0.15) is 41.5 Å². The Hall–Kier alpha value is 0.254. The zero-order valence-electron chi connectivity index (χ0n) is 15.2. The molecule has 140 valence electrons. The van der Waals surface area contributed by atoms with Crippen LogP contribution in [0.15, 0.2) is 0 Å². The summed E-state index contributed by atoms with van der Waals surface area (Å²) in [7, 11) is -13.2. The van der Waals surface area contributed by atoms with Crippen molar-refractivity contribution < 1.29 is 24.6 Å². The Kier molecular flexibility index (Phi) is 9.19. The SMILES string of the molecule is CC[Si](CC)(CC)OS(=O)(=O)CS(=O)(=O)O[Si](CC)(CC)CC. The van der Waals surface area contributed by atoms with Crippen molar-refractivity contribution in [2.45, 2.75) is 77.8 Å². The first-order valence-electron chi connectivity index (χ1n) is 8.35. The van der Waals surface area contributed by atoms with Crippen LogP contribution in [-0.4, -0.2) is 38.6 Å². The smallest absolute Gasteiger partial charge is 0.274 e. The summed E-state index contributed by atoms with van der Waals surface area (Å²) in [6, 6.07) is 3.82. The van der Waals surface area contributed by atoms with Gasteiger partial charge in [-0.15, -0.1) is 0 Å². The number of hydrogen-bond donors (Lipinski definition) is 0. The minimum atomic E-state index is -4.16. The van der Waals surface area contributed by atoms with Crippen molar-refractivity contribution in [3.63, 3.8) is 0 Å². The predicted molar refractivity (Wildman–Crippen MR) is 99.3 cm³/mol. The highest BCUT2D eigenvalue weighted by atomic mass is 32.3. The van der Waals surface area contributed by atoms with E-state index in [2.05, 4.69) is 0 Å². The first-order valence-corrected chi connectivity index (χ1v) is 16.6. The van der Waals surface area contributed by atoms with E-state index in [1.54, 1.807) is 0 Å². The molecule has 0 aromatic carbocycles. The second kappa shape index (κ2) is 9.09. The van der Waals surface area contributed by atoms with Crippen LogP contribution in [0.3, 0.4) is 0 Å². The molecule has 10 heteroatoms. The molecule has 0 aromatic heterocycles. The fourth-order valence-corrected chi connectivity index (χ4v) is 15.4. The van der Waals surface area contributed by atoms with Gasteiger partial charge in [-0.1, -0.05) is 41.5 Å². The Morgan fingerprint density at radius 3 is 0.957 bits per heavy atom. The lowest BCUT2D eigenvalue weighted by Crippen LogP contribution is -2.42. The Bertz CT molecular complexity index is 484. The van der Waals surface area contributed by atoms with Crippen LogP contribution in [0.25, 0.3) is 0 Å². The lowest BCUT2D eigenvalue weighted by atomic mass is 10.9. The number of rotatable bonds is 12. The van der Waals surface area contributed by atoms with Gasteiger partial charge in [0.1, 0.15) is 0 Å². The van der Waals surface area contributed by atoms with E-state index < -0.39 is 42.0 Å². The molecular weight excluding hydrogens is 372 g/mol. The summed E-state index contributed by atoms with van der Waals surface area (Å²) < 4.78 is 59.8. The molecule has 0 N–H and O–H groups in total. The van der Waals surface area contributed by atoms with Crippen LogP contribution in [0, 0.1) is 0 Å². The Morgan fingerprint density at radius 2 is 0.783 bits per heavy atom. The van der Waals surface area contributed by atoms with Gasteiger partial charge >= 0.3 is 0 Å². The standard InChI is InChI=1S/C13H32O6S2Si2/c1-7-22(8-2,9-3)18-20(14,15)13-21(16,17)19-23(10-4,11-5)12-6/h7-13H2,1-6H3. The highest BCUT2D eigenvalue weighted by Crippen LogP contribution is 2.27. The van der Waals surface area contributed by atoms with Crippen molar-refractivity contribution in [1.82, 2.24) is 0 Å². The molecular formula is C13H32O6S2Si2. The molecule has 23 heavy (non-hydrogen) atoms. The quantitative estimate of drug-likeness (QED) is 0.461. The maximum atomic E-state index is 12.3. The summed E-state index contributed by atoms with van der Waals surface area (Å²) in [5.41, 5.74) is 0. The molecule has 0 atom stereocenters. The summed E-state index contributed by atoms with van der Waals surface area (Å²) >= 11 is 0. The molecule has 0 aliphatic heterocycles. The third-order valence-electron chi connectivity index (χ3n) is 4.76. The van der Waals surface area contributed by atoms with Gasteiger partial charge in [-0.2, -0.15) is 16.8 Å². The van der Waals surface area contributed by atoms with E-state index in [1.807, 2.05) is 41.5 Å². The van der Waals surface area contributed by atoms with E-state index in [1.165, 1.54) is 0 Å². The molecule has 0 rings (SSSR count). The molecule has 0 spiro atoms. The molecule has 0 radical (unpaired) electrons. The summed E-state index contributed by atoms with van der Waals surface area (Å²) in [5.74, 6) is 0. The zero-order valence-corrected chi connectivity index (χ0v) is 18.8. The number of hydrogen-bond acceptors (Lipinski definition) is 6. The van der Waals surface area contributed by atoms with Crippen molar-refractivity contribution in [1.29, 1.82) is 0 Å². The monoisotopic (exact) mass is 404 g/mol. The van der Waals surface area contributed by atoms with Crippen LogP contribution < -0.4 is 0 Å². The first kappa shape index (κ1) is 23.3. The third kappa shape index (κ3) is 6.95. The van der Waals surface area contributed by atoms with Crippen molar-refractivity contribution in [3.05, 3.63) is 0 Å². The van der Waals surface area contributed by atoms with Gasteiger partial charge in [-0.05, 0) is 36.3 Å². The maximum absolute atomic E-state index is 12.3. The average molecular weight is 405 g/mol. The Balaban J connectivity index is 5.30. The lowest BCUT2D eigenvalue weighted by Gasteiger charge is -2.29. The van der Waals surface area contributed by atoms with Crippen molar-refractivity contribution in [2.75, 3.05) is 5.08 Å². The Labute approximate surface area is 144 Å². The molecule has 0 aromatic rings. The molecule has 0 bridgehead atoms. The van der Waals surface area contributed by atoms with Crippen LogP contribution in [-0.2, 0) is 28.0 Å². The van der Waals surface area contributed by atoms with Gasteiger partial charge in [0, 0.05) is 0 Å². The summed E-state index contributed by atoms with van der Waals surface area (Å²) in [4.78, 5) is 0. The fraction of sp³-hybridized carbons (Fsp3) is 1.00. The predicted octanol–water partition coefficient (Wildman–Crippen LogP) is 3.65. The van der Waals surface area contributed by atoms with E-state index in [0.29, 0.717) is 36.3 Å². The first-order chi connectivity index (χ1) is 10.5. The minimum absolute atomic E-state index is 0.637. The lowest BCUT2D eigenvalue weighted by molar-refractivity contribution is 0.464. The third-order valence-corrected chi connectivity index (χ3v) is 19.7. The molecule has 0 heterocycles. The molecule has 6 nitrogen and oxygen atoms in total. The van der Waals surface area contributed by atoms with E-state index in [9.17, 15) is 16.8 Å². The largest absolute Gasteiger partial charge is 0.314 e. The van der Waals surface area contributed by atoms with Crippen LogP contribution in [0.4, 0.5) is 0 Å². The molecule has 0 saturated heterocycles. The highest BCUT2D eigenvalue weighted by Gasteiger charge is 2.40. The molecule has 0 unspecified atom stereocenters. The van der Waals surface area contributed by atoms with Crippen molar-refractivity contribution >= 4 is 36.9 Å². The van der Waals surface area contributed by atoms with Gasteiger partial charge in [-0.3, -0.25) is 0 Å². The normalized spacial score (nSPS) is 14.2. The van der Waals surface area contributed by atoms with Crippen LogP contribution >= 0.6 is 0 Å². The highest BCUT2D eigenvalue weighted by molar-refractivity contribution is 8.04. The van der Waals surface area contributed by atoms with Crippen molar-refractivity contribution in [2.24, 2.45) is 0 Å². The second-order valence-corrected chi connectivity index (χ2v) is 19.4. The molecule has 0 aliphatic carbocycles. The zero-order chi connectivity index (χ0) is 18.4. The summed E-state index contributed by atoms with van der Waals surface area (Å²) in [6.45, 7) is 11.4. The molecule has 0 amide bonds. The average Bonchev–Trinajstić information content (AvgIpc) is 2.49. The summed E-state index contributed by atoms with van der Waals surface area (Å²) in [6.07, 6.45) is 0. The van der Waals surface area contributed by atoms with E-state index in [-0.39, 0.29) is 0 Å². The van der Waals surface area contributed by atoms with E-state index in [4.69, 9.17) is 7.74 Å². The van der Waals surface area contributed by atoms with Gasteiger partial charge < -0.3 is 7.74 Å². The minimum Gasteiger partial charge on any atom is -0.314 e. The topological polar surface area (TPSA) is 86.7 Å². The van der Waals surface area contributed by atoms with Crippen LogP contribution in [0.2, 0.25) is 36.3 Å². The van der Waals surface area contributed by atoms with Gasteiger partial charge in [0.2, 0.25) is 21.7 Å². The summed E-state index contributed by atoms with van der Waals surface area (Å²) in [5, 5.41) is -1.08. The molecule has 0 fully saturated rings. The second-order valence-electron chi connectivity index (χ2n) is 5.89. The Morgan fingerprint density at radius 1 is 0.565 bits per heavy atom.